The Balaban J connectivity index is 1.28. The molecule has 6 rings (SSSR count). The number of ether oxygens (including phenoxy) is 1. The van der Waals surface area contributed by atoms with Crippen molar-refractivity contribution < 1.29 is 9.53 Å². The predicted molar refractivity (Wildman–Crippen MR) is 175 cm³/mol. The van der Waals surface area contributed by atoms with E-state index in [0.717, 1.165) is 70.5 Å². The molecule has 3 heterocycles. The minimum Gasteiger partial charge on any atom is -0.462 e. The molecule has 1 saturated carbocycles. The summed E-state index contributed by atoms with van der Waals surface area (Å²) in [6, 6.07) is 12.4. The van der Waals surface area contributed by atoms with Crippen LogP contribution in [0.1, 0.15) is 30.5 Å². The number of anilines is 2. The van der Waals surface area contributed by atoms with Gasteiger partial charge in [-0.05, 0) is 55.8 Å². The fourth-order valence-corrected chi connectivity index (χ4v) is 6.96. The minimum atomic E-state index is -0.236. The van der Waals surface area contributed by atoms with Gasteiger partial charge >= 0.3 is 6.01 Å². The van der Waals surface area contributed by atoms with Crippen molar-refractivity contribution in [1.82, 2.24) is 19.8 Å². The molecule has 9 nitrogen and oxygen atoms in total. The zero-order chi connectivity index (χ0) is 30.6. The average molecular weight is 614 g/mol. The van der Waals surface area contributed by atoms with Crippen molar-refractivity contribution in [3.05, 3.63) is 76.8 Å². The Bertz CT molecular complexity index is 1560. The number of rotatable bonds is 10. The summed E-state index contributed by atoms with van der Waals surface area (Å²) in [5.74, 6) is 1.52. The number of likely N-dealkylation sites (N-methyl/N-ethyl adjacent to an activating group) is 1. The lowest BCUT2D eigenvalue weighted by atomic mass is 9.85. The SMILES string of the molecule is [C-]#[N+]C[C@H]1CN(c2nc(OCCN(C)CC3CCC3)nc3c2CCN(c2cccc4cccc(Cl)c24)C3)CCN1C(=O)C=C. The summed E-state index contributed by atoms with van der Waals surface area (Å²) in [5.41, 5.74) is 3.13. The van der Waals surface area contributed by atoms with Gasteiger partial charge < -0.3 is 29.2 Å². The van der Waals surface area contributed by atoms with Crippen LogP contribution >= 0.6 is 11.6 Å². The summed E-state index contributed by atoms with van der Waals surface area (Å²) in [6.45, 7) is 16.9. The first-order chi connectivity index (χ1) is 21.4. The lowest BCUT2D eigenvalue weighted by molar-refractivity contribution is -0.128. The lowest BCUT2D eigenvalue weighted by Crippen LogP contribution is -2.56. The monoisotopic (exact) mass is 613 g/mol. The summed E-state index contributed by atoms with van der Waals surface area (Å²) in [5, 5.41) is 2.89. The van der Waals surface area contributed by atoms with Crippen molar-refractivity contribution in [2.75, 3.05) is 69.3 Å². The molecule has 2 aromatic carbocycles. The van der Waals surface area contributed by atoms with Crippen LogP contribution in [0, 0.1) is 12.5 Å². The summed E-state index contributed by atoms with van der Waals surface area (Å²) < 4.78 is 6.23. The molecule has 3 aromatic rings. The van der Waals surface area contributed by atoms with Crippen LogP contribution in [0.5, 0.6) is 6.01 Å². The maximum Gasteiger partial charge on any atom is 0.318 e. The normalized spacial score (nSPS) is 18.6. The molecule has 3 aliphatic rings. The van der Waals surface area contributed by atoms with Crippen molar-refractivity contribution in [1.29, 1.82) is 0 Å². The number of hydrogen-bond donors (Lipinski definition) is 0. The van der Waals surface area contributed by atoms with Crippen molar-refractivity contribution in [2.45, 2.75) is 38.3 Å². The number of halogens is 1. The van der Waals surface area contributed by atoms with E-state index in [1.54, 1.807) is 4.90 Å². The first kappa shape index (κ1) is 30.2. The first-order valence-corrected chi connectivity index (χ1v) is 16.0. The topological polar surface area (TPSA) is 69.4 Å². The Morgan fingerprint density at radius 3 is 2.75 bits per heavy atom. The number of carbonyl (C=O) groups excluding carboxylic acids is 1. The molecule has 0 N–H and O–H groups in total. The van der Waals surface area contributed by atoms with Gasteiger partial charge in [-0.1, -0.05) is 48.9 Å². The second-order valence-corrected chi connectivity index (χ2v) is 12.5. The van der Waals surface area contributed by atoms with Gasteiger partial charge in [0.2, 0.25) is 12.5 Å². The van der Waals surface area contributed by atoms with Crippen molar-refractivity contribution in [3.63, 3.8) is 0 Å². The molecule has 1 amide bonds. The first-order valence-electron chi connectivity index (χ1n) is 15.6. The van der Waals surface area contributed by atoms with E-state index in [1.165, 1.54) is 25.3 Å². The summed E-state index contributed by atoms with van der Waals surface area (Å²) >= 11 is 6.71. The van der Waals surface area contributed by atoms with Gasteiger partial charge in [-0.2, -0.15) is 9.97 Å². The van der Waals surface area contributed by atoms with Gasteiger partial charge in [0.05, 0.1) is 17.3 Å². The van der Waals surface area contributed by atoms with Crippen molar-refractivity contribution in [2.24, 2.45) is 5.92 Å². The van der Waals surface area contributed by atoms with E-state index in [2.05, 4.69) is 57.4 Å². The van der Waals surface area contributed by atoms with Gasteiger partial charge in [0, 0.05) is 55.9 Å². The standard InChI is InChI=1S/C34H40ClN7O2/c1-4-31(43)42-17-16-41(22-26(42)20-36-2)33-27-14-15-40(30-13-7-11-25-10-6-12-28(35)32(25)30)23-29(27)37-34(38-33)44-19-18-39(3)21-24-8-5-9-24/h4,6-7,10-13,24,26H,1,5,8-9,14-23H2,3H3/t26-/m0/s1. The van der Waals surface area contributed by atoms with Crippen LogP contribution in [-0.2, 0) is 17.8 Å². The van der Waals surface area contributed by atoms with Crippen molar-refractivity contribution >= 4 is 39.8 Å². The number of benzene rings is 2. The molecule has 1 aromatic heterocycles. The van der Waals surface area contributed by atoms with Crippen LogP contribution in [0.4, 0.5) is 11.5 Å². The highest BCUT2D eigenvalue weighted by molar-refractivity contribution is 6.36. The quantitative estimate of drug-likeness (QED) is 0.233. The fraction of sp³-hybridized carbons (Fsp3) is 0.471. The maximum absolute atomic E-state index is 12.6. The molecule has 1 aliphatic carbocycles. The summed E-state index contributed by atoms with van der Waals surface area (Å²) in [4.78, 5) is 34.8. The van der Waals surface area contributed by atoms with Crippen LogP contribution in [0.3, 0.4) is 0 Å². The van der Waals surface area contributed by atoms with E-state index in [0.29, 0.717) is 38.8 Å². The average Bonchev–Trinajstić information content (AvgIpc) is 3.02. The predicted octanol–water partition coefficient (Wildman–Crippen LogP) is 5.08. The van der Waals surface area contributed by atoms with E-state index >= 15 is 0 Å². The van der Waals surface area contributed by atoms with Gasteiger partial charge in [-0.15, -0.1) is 0 Å². The molecule has 230 valence electrons. The van der Waals surface area contributed by atoms with Crippen LogP contribution in [0.15, 0.2) is 49.1 Å². The Kier molecular flexibility index (Phi) is 9.20. The molecule has 1 atom stereocenters. The zero-order valence-electron chi connectivity index (χ0n) is 25.4. The van der Waals surface area contributed by atoms with Crippen molar-refractivity contribution in [3.8, 4) is 6.01 Å². The third-order valence-electron chi connectivity index (χ3n) is 9.24. The van der Waals surface area contributed by atoms with E-state index in [-0.39, 0.29) is 18.5 Å². The van der Waals surface area contributed by atoms with Crippen LogP contribution in [0.25, 0.3) is 15.6 Å². The third-order valence-corrected chi connectivity index (χ3v) is 9.55. The molecular formula is C34H40ClN7O2. The van der Waals surface area contributed by atoms with Gasteiger partial charge in [-0.25, -0.2) is 6.57 Å². The smallest absolute Gasteiger partial charge is 0.318 e. The number of nitrogens with zero attached hydrogens (tertiary/aromatic N) is 7. The van der Waals surface area contributed by atoms with E-state index in [1.807, 2.05) is 12.1 Å². The van der Waals surface area contributed by atoms with Crippen LogP contribution in [-0.4, -0.2) is 91.2 Å². The molecule has 0 bridgehead atoms. The van der Waals surface area contributed by atoms with Gasteiger partial charge in [-0.3, -0.25) is 4.79 Å². The number of amides is 1. The highest BCUT2D eigenvalue weighted by Crippen LogP contribution is 2.37. The number of hydrogen-bond acceptors (Lipinski definition) is 7. The number of aromatic nitrogens is 2. The second kappa shape index (κ2) is 13.4. The third kappa shape index (κ3) is 6.33. The van der Waals surface area contributed by atoms with E-state index < -0.39 is 0 Å². The summed E-state index contributed by atoms with van der Waals surface area (Å²) in [6.07, 6.45) is 6.08. The van der Waals surface area contributed by atoms with E-state index in [4.69, 9.17) is 32.9 Å². The molecule has 10 heteroatoms. The van der Waals surface area contributed by atoms with Gasteiger partial charge in [0.15, 0.2) is 0 Å². The minimum absolute atomic E-state index is 0.137. The molecule has 2 fully saturated rings. The Hall–Kier alpha value is -3.87. The Labute approximate surface area is 264 Å². The van der Waals surface area contributed by atoms with Crippen LogP contribution < -0.4 is 14.5 Å². The molecule has 1 saturated heterocycles. The summed E-state index contributed by atoms with van der Waals surface area (Å²) in [7, 11) is 2.15. The van der Waals surface area contributed by atoms with Crippen LogP contribution in [0.2, 0.25) is 5.02 Å². The highest BCUT2D eigenvalue weighted by Gasteiger charge is 2.35. The number of fused-ring (bicyclic) bond motifs is 2. The highest BCUT2D eigenvalue weighted by atomic mass is 35.5. The Morgan fingerprint density at radius 2 is 2.00 bits per heavy atom. The molecule has 2 aliphatic heterocycles. The maximum atomic E-state index is 12.6. The zero-order valence-corrected chi connectivity index (χ0v) is 26.2. The van der Waals surface area contributed by atoms with E-state index in [9.17, 15) is 4.79 Å². The number of piperazine rings is 1. The fourth-order valence-electron chi connectivity index (χ4n) is 6.68. The molecular weight excluding hydrogens is 574 g/mol. The van der Waals surface area contributed by atoms with Gasteiger partial charge in [0.25, 0.3) is 0 Å². The molecule has 0 radical (unpaired) electrons. The van der Waals surface area contributed by atoms with Gasteiger partial charge in [0.1, 0.15) is 18.5 Å². The molecule has 0 spiro atoms. The second-order valence-electron chi connectivity index (χ2n) is 12.1. The number of carbonyl (C=O) groups is 1. The largest absolute Gasteiger partial charge is 0.462 e. The Morgan fingerprint density at radius 1 is 1.18 bits per heavy atom. The molecule has 0 unspecified atom stereocenters. The molecule has 44 heavy (non-hydrogen) atoms. The lowest BCUT2D eigenvalue weighted by Gasteiger charge is -2.41.